The Morgan fingerprint density at radius 3 is 2.22 bits per heavy atom. The summed E-state index contributed by atoms with van der Waals surface area (Å²) in [6.07, 6.45) is -3.74. The van der Waals surface area contributed by atoms with Gasteiger partial charge in [0.25, 0.3) is 0 Å². The number of hydrogen-bond donors (Lipinski definition) is 1. The average molecular weight is 253 g/mol. The first-order valence-electron chi connectivity index (χ1n) is 5.14. The molecule has 94 valence electrons. The molecule has 0 saturated carbocycles. The van der Waals surface area contributed by atoms with Gasteiger partial charge in [-0.25, -0.2) is 9.97 Å². The normalized spacial score (nSPS) is 11.6. The second-order valence-electron chi connectivity index (χ2n) is 3.85. The van der Waals surface area contributed by atoms with E-state index in [0.29, 0.717) is 5.56 Å². The molecule has 18 heavy (non-hydrogen) atoms. The van der Waals surface area contributed by atoms with Gasteiger partial charge >= 0.3 is 6.18 Å². The third kappa shape index (κ3) is 2.27. The number of rotatable bonds is 1. The lowest BCUT2D eigenvalue weighted by molar-refractivity contribution is -0.140. The Balaban J connectivity index is 2.66. The minimum Gasteiger partial charge on any atom is -0.383 e. The number of aromatic nitrogens is 2. The van der Waals surface area contributed by atoms with Crippen molar-refractivity contribution < 1.29 is 13.2 Å². The minimum absolute atomic E-state index is 0.176. The van der Waals surface area contributed by atoms with Gasteiger partial charge in [0, 0.05) is 0 Å². The fraction of sp³-hybridized carbons (Fsp3) is 0.167. The van der Waals surface area contributed by atoms with Crippen LogP contribution in [0.25, 0.3) is 11.1 Å². The number of nitrogens with zero attached hydrogens (tertiary/aromatic N) is 2. The van der Waals surface area contributed by atoms with Crippen LogP contribution in [0, 0.1) is 6.92 Å². The highest BCUT2D eigenvalue weighted by atomic mass is 19.4. The van der Waals surface area contributed by atoms with Crippen molar-refractivity contribution in [2.45, 2.75) is 13.1 Å². The van der Waals surface area contributed by atoms with E-state index in [9.17, 15) is 13.2 Å². The molecule has 0 radical (unpaired) electrons. The fourth-order valence-electron chi connectivity index (χ4n) is 1.62. The minimum atomic E-state index is -4.56. The van der Waals surface area contributed by atoms with Crippen molar-refractivity contribution >= 4 is 5.82 Å². The van der Waals surface area contributed by atoms with Crippen molar-refractivity contribution in [3.8, 4) is 11.1 Å². The highest BCUT2D eigenvalue weighted by Gasteiger charge is 2.36. The van der Waals surface area contributed by atoms with Crippen molar-refractivity contribution in [1.82, 2.24) is 9.97 Å². The van der Waals surface area contributed by atoms with E-state index >= 15 is 0 Å². The van der Waals surface area contributed by atoms with Crippen molar-refractivity contribution in [3.05, 3.63) is 41.9 Å². The zero-order chi connectivity index (χ0) is 13.3. The molecule has 0 amide bonds. The van der Waals surface area contributed by atoms with Gasteiger partial charge in [0.2, 0.25) is 0 Å². The maximum absolute atomic E-state index is 12.8. The highest BCUT2D eigenvalue weighted by molar-refractivity contribution is 5.76. The summed E-state index contributed by atoms with van der Waals surface area (Å²) in [5, 5.41) is 0. The third-order valence-corrected chi connectivity index (χ3v) is 2.49. The van der Waals surface area contributed by atoms with Crippen molar-refractivity contribution in [2.24, 2.45) is 0 Å². The zero-order valence-electron chi connectivity index (χ0n) is 9.49. The van der Waals surface area contributed by atoms with E-state index in [0.717, 1.165) is 11.9 Å². The molecule has 0 aliphatic carbocycles. The molecule has 2 N–H and O–H groups in total. The Kier molecular flexibility index (Phi) is 2.94. The summed E-state index contributed by atoms with van der Waals surface area (Å²) in [4.78, 5) is 6.91. The highest BCUT2D eigenvalue weighted by Crippen LogP contribution is 2.37. The number of anilines is 1. The molecule has 0 aliphatic heterocycles. The first-order valence-corrected chi connectivity index (χ1v) is 5.14. The molecule has 1 aromatic heterocycles. The first-order chi connectivity index (χ1) is 8.39. The van der Waals surface area contributed by atoms with Crippen LogP contribution in [0.1, 0.15) is 11.3 Å². The number of halogens is 3. The molecule has 1 aromatic carbocycles. The zero-order valence-corrected chi connectivity index (χ0v) is 9.49. The molecule has 0 atom stereocenters. The molecule has 2 rings (SSSR count). The van der Waals surface area contributed by atoms with Crippen molar-refractivity contribution in [1.29, 1.82) is 0 Å². The second-order valence-corrected chi connectivity index (χ2v) is 3.85. The number of nitrogens with two attached hydrogens (primary N) is 1. The summed E-state index contributed by atoms with van der Waals surface area (Å²) in [5.41, 5.74) is 5.65. The summed E-state index contributed by atoms with van der Waals surface area (Å²) < 4.78 is 38.5. The van der Waals surface area contributed by atoms with Crippen LogP contribution in [-0.4, -0.2) is 9.97 Å². The molecule has 0 fully saturated rings. The van der Waals surface area contributed by atoms with E-state index in [2.05, 4.69) is 9.97 Å². The molecular weight excluding hydrogens is 243 g/mol. The van der Waals surface area contributed by atoms with Gasteiger partial charge in [0.15, 0.2) is 5.69 Å². The van der Waals surface area contributed by atoms with Gasteiger partial charge in [0.05, 0.1) is 5.56 Å². The van der Waals surface area contributed by atoms with E-state index in [1.165, 1.54) is 0 Å². The van der Waals surface area contributed by atoms with Gasteiger partial charge in [-0.2, -0.15) is 13.2 Å². The average Bonchev–Trinajstić information content (AvgIpc) is 2.29. The van der Waals surface area contributed by atoms with Crippen LogP contribution in [0.2, 0.25) is 0 Å². The quantitative estimate of drug-likeness (QED) is 0.849. The van der Waals surface area contributed by atoms with Crippen LogP contribution in [0.4, 0.5) is 19.0 Å². The maximum Gasteiger partial charge on any atom is 0.434 e. The van der Waals surface area contributed by atoms with E-state index in [4.69, 9.17) is 5.73 Å². The van der Waals surface area contributed by atoms with E-state index < -0.39 is 11.9 Å². The molecular formula is C12H10F3N3. The largest absolute Gasteiger partial charge is 0.434 e. The van der Waals surface area contributed by atoms with Gasteiger partial charge in [-0.1, -0.05) is 29.8 Å². The number of alkyl halides is 3. The van der Waals surface area contributed by atoms with Gasteiger partial charge < -0.3 is 5.73 Å². The monoisotopic (exact) mass is 253 g/mol. The number of hydrogen-bond acceptors (Lipinski definition) is 3. The molecule has 0 unspecified atom stereocenters. The van der Waals surface area contributed by atoms with Gasteiger partial charge in [-0.05, 0) is 12.5 Å². The van der Waals surface area contributed by atoms with Crippen molar-refractivity contribution in [2.75, 3.05) is 5.73 Å². The van der Waals surface area contributed by atoms with Crippen molar-refractivity contribution in [3.63, 3.8) is 0 Å². The van der Waals surface area contributed by atoms with Crippen LogP contribution in [0.3, 0.4) is 0 Å². The van der Waals surface area contributed by atoms with E-state index in [1.54, 1.807) is 24.3 Å². The number of aryl methyl sites for hydroxylation is 1. The molecule has 3 nitrogen and oxygen atoms in total. The lowest BCUT2D eigenvalue weighted by Crippen LogP contribution is -2.12. The lowest BCUT2D eigenvalue weighted by Gasteiger charge is -2.13. The van der Waals surface area contributed by atoms with Gasteiger partial charge in [-0.3, -0.25) is 0 Å². The van der Waals surface area contributed by atoms with Gasteiger partial charge in [-0.15, -0.1) is 0 Å². The molecule has 1 heterocycles. The standard InChI is InChI=1S/C12H10F3N3/c1-7-2-4-8(5-3-7)9-10(12(13,14)15)17-6-18-11(9)16/h2-6H,1H3,(H2,16,17,18). The van der Waals surface area contributed by atoms with Crippen LogP contribution in [0.5, 0.6) is 0 Å². The summed E-state index contributed by atoms with van der Waals surface area (Å²) in [6, 6.07) is 6.56. The molecule has 0 spiro atoms. The topological polar surface area (TPSA) is 51.8 Å². The summed E-state index contributed by atoms with van der Waals surface area (Å²) in [5.74, 6) is -0.179. The molecule has 0 bridgehead atoms. The van der Waals surface area contributed by atoms with Crippen LogP contribution < -0.4 is 5.73 Å². The summed E-state index contributed by atoms with van der Waals surface area (Å²) in [6.45, 7) is 1.85. The van der Waals surface area contributed by atoms with E-state index in [-0.39, 0.29) is 11.4 Å². The molecule has 0 aliphatic rings. The van der Waals surface area contributed by atoms with Crippen LogP contribution in [0.15, 0.2) is 30.6 Å². The molecule has 0 saturated heterocycles. The first kappa shape index (κ1) is 12.3. The SMILES string of the molecule is Cc1ccc(-c2c(N)ncnc2C(F)(F)F)cc1. The predicted molar refractivity (Wildman–Crippen MR) is 61.6 cm³/mol. The Labute approximate surface area is 101 Å². The summed E-state index contributed by atoms with van der Waals surface area (Å²) >= 11 is 0. The summed E-state index contributed by atoms with van der Waals surface area (Å²) in [7, 11) is 0. The van der Waals surface area contributed by atoms with Crippen LogP contribution >= 0.6 is 0 Å². The fourth-order valence-corrected chi connectivity index (χ4v) is 1.62. The molecule has 2 aromatic rings. The maximum atomic E-state index is 12.8. The third-order valence-electron chi connectivity index (χ3n) is 2.49. The Morgan fingerprint density at radius 2 is 1.67 bits per heavy atom. The van der Waals surface area contributed by atoms with Gasteiger partial charge in [0.1, 0.15) is 12.1 Å². The Bertz CT molecular complexity index is 562. The number of benzene rings is 1. The molecule has 6 heteroatoms. The lowest BCUT2D eigenvalue weighted by atomic mass is 10.0. The predicted octanol–water partition coefficient (Wildman–Crippen LogP) is 3.05. The number of nitrogen functional groups attached to an aromatic ring is 1. The smallest absolute Gasteiger partial charge is 0.383 e. The Hall–Kier alpha value is -2.11. The van der Waals surface area contributed by atoms with E-state index in [1.807, 2.05) is 6.92 Å². The Morgan fingerprint density at radius 1 is 1.06 bits per heavy atom. The van der Waals surface area contributed by atoms with Crippen LogP contribution in [-0.2, 0) is 6.18 Å². The second kappa shape index (κ2) is 4.29.